The number of halogens is 1. The third kappa shape index (κ3) is 3.80. The topological polar surface area (TPSA) is 75.7 Å². The first-order valence-corrected chi connectivity index (χ1v) is 9.95. The molecule has 2 aromatic rings. The summed E-state index contributed by atoms with van der Waals surface area (Å²) in [6, 6.07) is 11.3. The Hall–Kier alpha value is -2.06. The Balaban J connectivity index is 1.79. The van der Waals surface area contributed by atoms with E-state index in [1.165, 1.54) is 19.2 Å². The molecular formula is C17H17BrN2O4S. The molecule has 1 aliphatic rings. The van der Waals surface area contributed by atoms with Crippen LogP contribution in [0.1, 0.15) is 12.8 Å². The Bertz CT molecular complexity index is 897. The highest BCUT2D eigenvalue weighted by Gasteiger charge is 2.22. The number of nitrogens with zero attached hydrogens (tertiary/aromatic N) is 1. The molecule has 1 amide bonds. The zero-order chi connectivity index (χ0) is 18.0. The van der Waals surface area contributed by atoms with Crippen molar-refractivity contribution in [1.29, 1.82) is 0 Å². The van der Waals surface area contributed by atoms with E-state index in [9.17, 15) is 13.2 Å². The van der Waals surface area contributed by atoms with Gasteiger partial charge in [0.25, 0.3) is 10.0 Å². The minimum atomic E-state index is -3.72. The highest BCUT2D eigenvalue weighted by molar-refractivity contribution is 9.10. The summed E-state index contributed by atoms with van der Waals surface area (Å²) in [7, 11) is -2.21. The number of nitrogens with one attached hydrogen (secondary N) is 1. The quantitative estimate of drug-likeness (QED) is 0.797. The lowest BCUT2D eigenvalue weighted by Gasteiger charge is -2.16. The van der Waals surface area contributed by atoms with E-state index in [1.54, 1.807) is 35.2 Å². The van der Waals surface area contributed by atoms with E-state index in [1.807, 2.05) is 0 Å². The molecule has 132 valence electrons. The molecule has 6 nitrogen and oxygen atoms in total. The van der Waals surface area contributed by atoms with E-state index in [0.717, 1.165) is 12.1 Å². The lowest BCUT2D eigenvalue weighted by molar-refractivity contribution is -0.117. The van der Waals surface area contributed by atoms with Gasteiger partial charge in [-0.2, -0.15) is 0 Å². The molecule has 1 aliphatic heterocycles. The van der Waals surface area contributed by atoms with Crippen LogP contribution in [0.5, 0.6) is 5.75 Å². The molecule has 0 bridgehead atoms. The number of carbonyl (C=O) groups excluding carboxylic acids is 1. The van der Waals surface area contributed by atoms with Gasteiger partial charge in [-0.3, -0.25) is 9.52 Å². The van der Waals surface area contributed by atoms with Gasteiger partial charge in [-0.25, -0.2) is 8.42 Å². The second-order valence-electron chi connectivity index (χ2n) is 5.60. The Morgan fingerprint density at radius 1 is 1.16 bits per heavy atom. The van der Waals surface area contributed by atoms with Crippen molar-refractivity contribution < 1.29 is 17.9 Å². The number of methoxy groups -OCH3 is 1. The van der Waals surface area contributed by atoms with Crippen LogP contribution in [0.15, 0.2) is 51.8 Å². The summed E-state index contributed by atoms with van der Waals surface area (Å²) >= 11 is 3.28. The first kappa shape index (κ1) is 17.8. The van der Waals surface area contributed by atoms with Gasteiger partial charge in [-0.15, -0.1) is 0 Å². The summed E-state index contributed by atoms with van der Waals surface area (Å²) in [5.41, 5.74) is 1.21. The van der Waals surface area contributed by atoms with Crippen LogP contribution in [-0.4, -0.2) is 28.0 Å². The maximum atomic E-state index is 12.5. The number of carbonyl (C=O) groups is 1. The van der Waals surface area contributed by atoms with Crippen LogP contribution in [0.4, 0.5) is 11.4 Å². The smallest absolute Gasteiger partial charge is 0.261 e. The SMILES string of the molecule is COc1ccc(S(=O)(=O)Nc2ccc(N3CCCC3=O)cc2)cc1Br. The van der Waals surface area contributed by atoms with Gasteiger partial charge in [-0.1, -0.05) is 0 Å². The van der Waals surface area contributed by atoms with E-state index in [4.69, 9.17) is 4.74 Å². The van der Waals surface area contributed by atoms with Crippen LogP contribution < -0.4 is 14.4 Å². The van der Waals surface area contributed by atoms with Gasteiger partial charge in [0.15, 0.2) is 0 Å². The molecule has 0 aliphatic carbocycles. The zero-order valence-corrected chi connectivity index (χ0v) is 15.9. The van der Waals surface area contributed by atoms with Crippen molar-refractivity contribution >= 4 is 43.2 Å². The summed E-state index contributed by atoms with van der Waals surface area (Å²) in [5, 5.41) is 0. The van der Waals surface area contributed by atoms with Crippen molar-refractivity contribution in [3.8, 4) is 5.75 Å². The van der Waals surface area contributed by atoms with Gasteiger partial charge in [-0.05, 0) is 64.8 Å². The predicted molar refractivity (Wildman–Crippen MR) is 99.5 cm³/mol. The molecule has 8 heteroatoms. The molecule has 0 radical (unpaired) electrons. The van der Waals surface area contributed by atoms with Crippen molar-refractivity contribution in [3.05, 3.63) is 46.9 Å². The average molecular weight is 425 g/mol. The zero-order valence-electron chi connectivity index (χ0n) is 13.5. The fourth-order valence-electron chi connectivity index (χ4n) is 2.66. The molecule has 1 saturated heterocycles. The van der Waals surface area contributed by atoms with Crippen LogP contribution in [0.2, 0.25) is 0 Å². The second kappa shape index (κ2) is 7.05. The van der Waals surface area contributed by atoms with Crippen molar-refractivity contribution in [2.45, 2.75) is 17.7 Å². The maximum Gasteiger partial charge on any atom is 0.261 e. The molecule has 0 saturated carbocycles. The van der Waals surface area contributed by atoms with Crippen LogP contribution in [0.3, 0.4) is 0 Å². The molecule has 0 spiro atoms. The Labute approximate surface area is 155 Å². The van der Waals surface area contributed by atoms with Crippen LogP contribution >= 0.6 is 15.9 Å². The predicted octanol–water partition coefficient (Wildman–Crippen LogP) is 3.39. The number of amides is 1. The van der Waals surface area contributed by atoms with E-state index in [0.29, 0.717) is 28.9 Å². The van der Waals surface area contributed by atoms with Gasteiger partial charge in [0, 0.05) is 24.3 Å². The molecule has 25 heavy (non-hydrogen) atoms. The standard InChI is InChI=1S/C17H17BrN2O4S/c1-24-16-9-8-14(11-15(16)18)25(22,23)19-12-4-6-13(7-5-12)20-10-2-3-17(20)21/h4-9,11,19H,2-3,10H2,1H3. The average Bonchev–Trinajstić information content (AvgIpc) is 3.01. The summed E-state index contributed by atoms with van der Waals surface area (Å²) in [5.74, 6) is 0.648. The van der Waals surface area contributed by atoms with Crippen LogP contribution in [0, 0.1) is 0 Å². The lowest BCUT2D eigenvalue weighted by atomic mass is 10.2. The monoisotopic (exact) mass is 424 g/mol. The van der Waals surface area contributed by atoms with Crippen molar-refractivity contribution in [2.24, 2.45) is 0 Å². The molecule has 2 aromatic carbocycles. The molecule has 0 unspecified atom stereocenters. The van der Waals surface area contributed by atoms with Crippen molar-refractivity contribution in [1.82, 2.24) is 0 Å². The third-order valence-electron chi connectivity index (χ3n) is 3.94. The van der Waals surface area contributed by atoms with Crippen molar-refractivity contribution in [2.75, 3.05) is 23.3 Å². The van der Waals surface area contributed by atoms with Gasteiger partial charge in [0.05, 0.1) is 16.5 Å². The molecule has 1 heterocycles. The van der Waals surface area contributed by atoms with E-state index < -0.39 is 10.0 Å². The fraction of sp³-hybridized carbons (Fsp3) is 0.235. The number of rotatable bonds is 5. The highest BCUT2D eigenvalue weighted by atomic mass is 79.9. The number of anilines is 2. The van der Waals surface area contributed by atoms with Crippen molar-refractivity contribution in [3.63, 3.8) is 0 Å². The van der Waals surface area contributed by atoms with Gasteiger partial charge < -0.3 is 9.64 Å². The molecular weight excluding hydrogens is 408 g/mol. The van der Waals surface area contributed by atoms with E-state index in [2.05, 4.69) is 20.7 Å². The summed E-state index contributed by atoms with van der Waals surface area (Å²) < 4.78 is 33.2. The van der Waals surface area contributed by atoms with E-state index in [-0.39, 0.29) is 10.8 Å². The third-order valence-corrected chi connectivity index (χ3v) is 5.94. The minimum Gasteiger partial charge on any atom is -0.496 e. The minimum absolute atomic E-state index is 0.0939. The van der Waals surface area contributed by atoms with Crippen LogP contribution in [-0.2, 0) is 14.8 Å². The van der Waals surface area contributed by atoms with Gasteiger partial charge >= 0.3 is 0 Å². The van der Waals surface area contributed by atoms with E-state index >= 15 is 0 Å². The summed E-state index contributed by atoms with van der Waals surface area (Å²) in [4.78, 5) is 13.6. The first-order chi connectivity index (χ1) is 11.9. The normalized spacial score (nSPS) is 14.6. The molecule has 3 rings (SSSR count). The number of ether oxygens (including phenoxy) is 1. The Kier molecular flexibility index (Phi) is 5.01. The number of benzene rings is 2. The molecule has 0 atom stereocenters. The molecule has 1 fully saturated rings. The summed E-state index contributed by atoms with van der Waals surface area (Å²) in [6.45, 7) is 0.698. The fourth-order valence-corrected chi connectivity index (χ4v) is 4.44. The number of hydrogen-bond acceptors (Lipinski definition) is 4. The number of hydrogen-bond donors (Lipinski definition) is 1. The van der Waals surface area contributed by atoms with Crippen LogP contribution in [0.25, 0.3) is 0 Å². The van der Waals surface area contributed by atoms with Gasteiger partial charge in [0.2, 0.25) is 5.91 Å². The Morgan fingerprint density at radius 3 is 2.44 bits per heavy atom. The van der Waals surface area contributed by atoms with Gasteiger partial charge in [0.1, 0.15) is 5.75 Å². The highest BCUT2D eigenvalue weighted by Crippen LogP contribution is 2.29. The molecule has 0 aromatic heterocycles. The largest absolute Gasteiger partial charge is 0.496 e. The number of sulfonamides is 1. The summed E-state index contributed by atoms with van der Waals surface area (Å²) in [6.07, 6.45) is 1.40. The molecule has 1 N–H and O–H groups in total. The lowest BCUT2D eigenvalue weighted by Crippen LogP contribution is -2.23. The second-order valence-corrected chi connectivity index (χ2v) is 8.13. The Morgan fingerprint density at radius 2 is 1.88 bits per heavy atom. The maximum absolute atomic E-state index is 12.5. The first-order valence-electron chi connectivity index (χ1n) is 7.67.